The molecule has 1 aromatic heterocycles. The molecule has 1 amide bonds. The fourth-order valence-corrected chi connectivity index (χ4v) is 4.11. The average molecular weight is 426 g/mol. The number of rotatable bonds is 7. The number of guanidine groups is 1. The van der Waals surface area contributed by atoms with E-state index in [2.05, 4.69) is 40.1 Å². The van der Waals surface area contributed by atoms with E-state index in [4.69, 9.17) is 11.5 Å². The van der Waals surface area contributed by atoms with Crippen LogP contribution in [0.2, 0.25) is 0 Å². The Bertz CT molecular complexity index is 1010. The Balaban J connectivity index is 1.75. The van der Waals surface area contributed by atoms with Gasteiger partial charge in [-0.3, -0.25) is 4.79 Å². The van der Waals surface area contributed by atoms with Gasteiger partial charge < -0.3 is 16.8 Å². The number of aromatic nitrogens is 1. The predicted octanol–water partition coefficient (Wildman–Crippen LogP) is 3.67. The molecule has 150 valence electrons. The molecule has 3 rings (SSSR count). The van der Waals surface area contributed by atoms with Gasteiger partial charge in [-0.25, -0.2) is 9.98 Å². The molecule has 0 bridgehead atoms. The number of carbonyl (C=O) groups excluding carboxylic acids is 1. The molecule has 2 aromatic carbocycles. The van der Waals surface area contributed by atoms with Crippen LogP contribution in [0, 0.1) is 0 Å². The maximum absolute atomic E-state index is 11.4. The number of carbonyl (C=O) groups is 1. The number of nitrogens with two attached hydrogens (primary N) is 2. The van der Waals surface area contributed by atoms with Crippen molar-refractivity contribution in [1.82, 2.24) is 4.98 Å². The highest BCUT2D eigenvalue weighted by Crippen LogP contribution is 2.27. The molecule has 0 aliphatic heterocycles. The highest BCUT2D eigenvalue weighted by Gasteiger charge is 2.13. The van der Waals surface area contributed by atoms with Crippen molar-refractivity contribution in [2.24, 2.45) is 16.5 Å². The van der Waals surface area contributed by atoms with Gasteiger partial charge in [0.05, 0.1) is 11.4 Å². The van der Waals surface area contributed by atoms with Gasteiger partial charge in [0.1, 0.15) is 0 Å². The summed E-state index contributed by atoms with van der Waals surface area (Å²) >= 11 is 5.86. The largest absolute Gasteiger partial charge is 0.370 e. The zero-order valence-electron chi connectivity index (χ0n) is 16.1. The van der Waals surface area contributed by atoms with Crippen molar-refractivity contribution >= 4 is 46.7 Å². The summed E-state index contributed by atoms with van der Waals surface area (Å²) in [6.45, 7) is 1.49. The maximum Gasteiger partial charge on any atom is 0.223 e. The van der Waals surface area contributed by atoms with E-state index >= 15 is 0 Å². The van der Waals surface area contributed by atoms with E-state index in [1.165, 1.54) is 29.4 Å². The fraction of sp³-hybridized carbons (Fsp3) is 0.190. The van der Waals surface area contributed by atoms with Crippen LogP contribution in [-0.4, -0.2) is 16.9 Å². The summed E-state index contributed by atoms with van der Waals surface area (Å²) < 4.78 is 0. The molecule has 29 heavy (non-hydrogen) atoms. The maximum atomic E-state index is 11.4. The number of thiazole rings is 1. The summed E-state index contributed by atoms with van der Waals surface area (Å²) in [6, 6.07) is 15.9. The van der Waals surface area contributed by atoms with Crippen molar-refractivity contribution in [2.45, 2.75) is 31.1 Å². The van der Waals surface area contributed by atoms with E-state index in [0.29, 0.717) is 5.13 Å². The van der Waals surface area contributed by atoms with Crippen LogP contribution in [0.1, 0.15) is 28.6 Å². The third-order valence-corrected chi connectivity index (χ3v) is 5.52. The molecule has 0 radical (unpaired) electrons. The summed E-state index contributed by atoms with van der Waals surface area (Å²) in [5, 5.41) is 3.44. The highest BCUT2D eigenvalue weighted by molar-refractivity contribution is 7.80. The summed E-state index contributed by atoms with van der Waals surface area (Å²) in [5.74, 6) is -0.0760. The molecule has 5 N–H and O–H groups in total. The smallest absolute Gasteiger partial charge is 0.223 e. The van der Waals surface area contributed by atoms with Gasteiger partial charge in [0.2, 0.25) is 5.91 Å². The van der Waals surface area contributed by atoms with Crippen LogP contribution in [0.4, 0.5) is 10.8 Å². The summed E-state index contributed by atoms with van der Waals surface area (Å²) in [5.41, 5.74) is 14.9. The molecule has 3 aromatic rings. The second kappa shape index (κ2) is 9.58. The number of anilines is 1. The van der Waals surface area contributed by atoms with Crippen molar-refractivity contribution in [1.29, 1.82) is 0 Å². The lowest BCUT2D eigenvalue weighted by atomic mass is 10.0. The number of aliphatic imine (C=N–C) groups is 1. The van der Waals surface area contributed by atoms with Crippen LogP contribution in [0.15, 0.2) is 58.4 Å². The van der Waals surface area contributed by atoms with Crippen LogP contribution in [0.3, 0.4) is 0 Å². The van der Waals surface area contributed by atoms with Crippen LogP contribution in [-0.2, 0) is 24.1 Å². The first kappa shape index (κ1) is 20.9. The zero-order chi connectivity index (χ0) is 20.8. The minimum atomic E-state index is -0.119. The molecule has 0 aliphatic rings. The number of amides is 1. The van der Waals surface area contributed by atoms with Crippen molar-refractivity contribution in [3.8, 4) is 0 Å². The Labute approximate surface area is 179 Å². The molecule has 8 heteroatoms. The molecule has 1 heterocycles. The Morgan fingerprint density at radius 3 is 2.34 bits per heavy atom. The third-order valence-electron chi connectivity index (χ3n) is 4.21. The molecule has 0 atom stereocenters. The Kier molecular flexibility index (Phi) is 6.90. The first-order valence-electron chi connectivity index (χ1n) is 9.11. The summed E-state index contributed by atoms with van der Waals surface area (Å²) in [6.07, 6.45) is 2.37. The third kappa shape index (κ3) is 6.33. The van der Waals surface area contributed by atoms with Crippen molar-refractivity contribution < 1.29 is 4.79 Å². The molecule has 6 nitrogen and oxygen atoms in total. The van der Waals surface area contributed by atoms with Crippen molar-refractivity contribution in [3.05, 3.63) is 70.2 Å². The van der Waals surface area contributed by atoms with Crippen molar-refractivity contribution in [3.63, 3.8) is 0 Å². The lowest BCUT2D eigenvalue weighted by molar-refractivity contribution is -0.114. The lowest BCUT2D eigenvalue weighted by Gasteiger charge is -2.04. The number of benzene rings is 2. The second-order valence-electron chi connectivity index (χ2n) is 6.62. The topological polar surface area (TPSA) is 106 Å². The van der Waals surface area contributed by atoms with Gasteiger partial charge in [0.15, 0.2) is 11.1 Å². The molecule has 0 unspecified atom stereocenters. The fourth-order valence-electron chi connectivity index (χ4n) is 2.87. The number of thiol groups is 1. The normalized spacial score (nSPS) is 10.6. The molecular formula is C21H23N5OS2. The van der Waals surface area contributed by atoms with Gasteiger partial charge in [-0.2, -0.15) is 0 Å². The molecule has 0 spiro atoms. The van der Waals surface area contributed by atoms with Gasteiger partial charge >= 0.3 is 0 Å². The first-order valence-corrected chi connectivity index (χ1v) is 10.4. The van der Waals surface area contributed by atoms with Crippen LogP contribution in [0.5, 0.6) is 0 Å². The zero-order valence-corrected chi connectivity index (χ0v) is 17.8. The highest BCUT2D eigenvalue weighted by atomic mass is 32.1. The SMILES string of the molecule is CC(=O)Nc1nc(CCc2ccc(N=C(N)N)cc2)c(Cc2ccc(S)cc2)s1. The number of aryl methyl sites for hydroxylation is 2. The standard InChI is InChI=1S/C21H23N5OS2/c1-13(27)24-21-26-18(19(29-21)12-15-4-9-17(28)10-5-15)11-6-14-2-7-16(8-3-14)25-20(22)23/h2-5,7-10,28H,6,11-12H2,1H3,(H4,22,23,25)(H,24,26,27). The van der Waals surface area contributed by atoms with Gasteiger partial charge in [0, 0.05) is 23.1 Å². The van der Waals surface area contributed by atoms with E-state index in [1.807, 2.05) is 36.4 Å². The minimum absolute atomic E-state index is 0.0429. The van der Waals surface area contributed by atoms with E-state index in [0.717, 1.165) is 40.4 Å². The average Bonchev–Trinajstić information content (AvgIpc) is 3.03. The van der Waals surface area contributed by atoms with Crippen LogP contribution < -0.4 is 16.8 Å². The molecule has 0 fully saturated rings. The van der Waals surface area contributed by atoms with Gasteiger partial charge in [-0.1, -0.05) is 24.3 Å². The van der Waals surface area contributed by atoms with E-state index < -0.39 is 0 Å². The molecule has 0 saturated heterocycles. The van der Waals surface area contributed by atoms with Gasteiger partial charge in [-0.15, -0.1) is 24.0 Å². The number of nitrogens with one attached hydrogen (secondary N) is 1. The van der Waals surface area contributed by atoms with E-state index in [1.54, 1.807) is 0 Å². The van der Waals surface area contributed by atoms with Crippen LogP contribution in [0.25, 0.3) is 0 Å². The Hall–Kier alpha value is -2.84. The van der Waals surface area contributed by atoms with Gasteiger partial charge in [0.25, 0.3) is 0 Å². The lowest BCUT2D eigenvalue weighted by Crippen LogP contribution is -2.21. The number of hydrogen-bond donors (Lipinski definition) is 4. The van der Waals surface area contributed by atoms with Gasteiger partial charge in [-0.05, 0) is 48.2 Å². The Morgan fingerprint density at radius 2 is 1.72 bits per heavy atom. The van der Waals surface area contributed by atoms with E-state index in [9.17, 15) is 4.79 Å². The molecule has 0 aliphatic carbocycles. The summed E-state index contributed by atoms with van der Waals surface area (Å²) in [4.78, 5) is 22.2. The minimum Gasteiger partial charge on any atom is -0.370 e. The quantitative estimate of drug-likeness (QED) is 0.263. The van der Waals surface area contributed by atoms with Crippen molar-refractivity contribution in [2.75, 3.05) is 5.32 Å². The second-order valence-corrected chi connectivity index (χ2v) is 8.22. The first-order chi connectivity index (χ1) is 13.9. The Morgan fingerprint density at radius 1 is 1.07 bits per heavy atom. The number of hydrogen-bond acceptors (Lipinski definition) is 5. The molecular weight excluding hydrogens is 402 g/mol. The number of nitrogens with zero attached hydrogens (tertiary/aromatic N) is 2. The van der Waals surface area contributed by atoms with Crippen LogP contribution >= 0.6 is 24.0 Å². The monoisotopic (exact) mass is 425 g/mol. The predicted molar refractivity (Wildman–Crippen MR) is 122 cm³/mol. The summed E-state index contributed by atoms with van der Waals surface area (Å²) in [7, 11) is 0. The van der Waals surface area contributed by atoms with E-state index in [-0.39, 0.29) is 11.9 Å². The molecule has 0 saturated carbocycles.